The Hall–Kier alpha value is -2.69. The molecule has 1 amide bonds. The number of carbonyl (C=O) groups excluding carboxylic acids is 1. The molecule has 0 saturated carbocycles. The number of hydrogen-bond acceptors (Lipinski definition) is 3. The maximum absolute atomic E-state index is 12.1. The lowest BCUT2D eigenvalue weighted by atomic mass is 10.0. The Morgan fingerprint density at radius 2 is 1.64 bits per heavy atom. The molecule has 1 unspecified atom stereocenters. The molecule has 2 aromatic rings. The van der Waals surface area contributed by atoms with Crippen molar-refractivity contribution in [3.05, 3.63) is 81.9 Å². The van der Waals surface area contributed by atoms with E-state index < -0.39 is 6.04 Å². The van der Waals surface area contributed by atoms with E-state index in [9.17, 15) is 14.9 Å². The third-order valence-electron chi connectivity index (χ3n) is 3.36. The van der Waals surface area contributed by atoms with Crippen molar-refractivity contribution in [2.45, 2.75) is 18.9 Å². The largest absolute Gasteiger partial charge is 0.343 e. The molecule has 0 radical (unpaired) electrons. The van der Waals surface area contributed by atoms with Crippen molar-refractivity contribution >= 4 is 5.91 Å². The molecule has 114 valence electrons. The zero-order valence-corrected chi connectivity index (χ0v) is 12.1. The third-order valence-corrected chi connectivity index (χ3v) is 3.36. The van der Waals surface area contributed by atoms with Gasteiger partial charge in [-0.05, 0) is 30.5 Å². The maximum Gasteiger partial charge on any atom is 0.251 e. The monoisotopic (exact) mass is 298 g/mol. The van der Waals surface area contributed by atoms with E-state index in [1.807, 2.05) is 36.4 Å². The smallest absolute Gasteiger partial charge is 0.251 e. The van der Waals surface area contributed by atoms with E-state index in [1.165, 1.54) is 0 Å². The normalized spacial score (nSPS) is 11.6. The fourth-order valence-electron chi connectivity index (χ4n) is 2.23. The minimum atomic E-state index is -0.483. The number of hydrogen-bond donors (Lipinski definition) is 1. The fourth-order valence-corrected chi connectivity index (χ4v) is 2.23. The van der Waals surface area contributed by atoms with Crippen molar-refractivity contribution in [2.75, 3.05) is 6.54 Å². The van der Waals surface area contributed by atoms with Gasteiger partial charge in [-0.3, -0.25) is 14.9 Å². The molecule has 0 bridgehead atoms. The minimum absolute atomic E-state index is 0.272. The van der Waals surface area contributed by atoms with Gasteiger partial charge in [0.25, 0.3) is 5.91 Å². The van der Waals surface area contributed by atoms with Crippen LogP contribution in [0.1, 0.15) is 22.3 Å². The summed E-state index contributed by atoms with van der Waals surface area (Å²) < 4.78 is 0. The molecule has 0 aliphatic rings. The molecule has 1 atom stereocenters. The average molecular weight is 298 g/mol. The van der Waals surface area contributed by atoms with E-state index in [-0.39, 0.29) is 17.4 Å². The van der Waals surface area contributed by atoms with Gasteiger partial charge in [0.15, 0.2) is 0 Å². The molecule has 0 heterocycles. The lowest BCUT2D eigenvalue weighted by molar-refractivity contribution is -0.483. The van der Waals surface area contributed by atoms with Gasteiger partial charge in [0.2, 0.25) is 6.54 Å². The number of amides is 1. The zero-order chi connectivity index (χ0) is 15.8. The van der Waals surface area contributed by atoms with Crippen molar-refractivity contribution in [2.24, 2.45) is 0 Å². The topological polar surface area (TPSA) is 72.2 Å². The lowest BCUT2D eigenvalue weighted by Crippen LogP contribution is -2.40. The Labute approximate surface area is 129 Å². The predicted octanol–water partition coefficient (Wildman–Crippen LogP) is 2.69. The van der Waals surface area contributed by atoms with Gasteiger partial charge in [-0.15, -0.1) is 0 Å². The molecule has 5 nitrogen and oxygen atoms in total. The zero-order valence-electron chi connectivity index (χ0n) is 12.1. The van der Waals surface area contributed by atoms with Gasteiger partial charge in [0, 0.05) is 10.5 Å². The van der Waals surface area contributed by atoms with Gasteiger partial charge < -0.3 is 5.32 Å². The molecule has 0 aromatic heterocycles. The van der Waals surface area contributed by atoms with Gasteiger partial charge in [-0.25, -0.2) is 0 Å². The van der Waals surface area contributed by atoms with Gasteiger partial charge in [0.05, 0.1) is 6.04 Å². The molecule has 0 aliphatic carbocycles. The summed E-state index contributed by atoms with van der Waals surface area (Å²) in [5.74, 6) is -0.277. The molecule has 22 heavy (non-hydrogen) atoms. The average Bonchev–Trinajstić information content (AvgIpc) is 2.54. The van der Waals surface area contributed by atoms with Gasteiger partial charge in [0.1, 0.15) is 0 Å². The molecule has 2 rings (SSSR count). The van der Waals surface area contributed by atoms with Crippen molar-refractivity contribution in [1.82, 2.24) is 5.32 Å². The van der Waals surface area contributed by atoms with Gasteiger partial charge in [-0.1, -0.05) is 48.5 Å². The highest BCUT2D eigenvalue weighted by atomic mass is 16.6. The Balaban J connectivity index is 1.97. The highest BCUT2D eigenvalue weighted by Gasteiger charge is 2.18. The Kier molecular flexibility index (Phi) is 5.65. The van der Waals surface area contributed by atoms with Crippen LogP contribution in [0.15, 0.2) is 60.7 Å². The lowest BCUT2D eigenvalue weighted by Gasteiger charge is -2.15. The summed E-state index contributed by atoms with van der Waals surface area (Å²) in [5.41, 5.74) is 1.61. The van der Waals surface area contributed by atoms with Crippen LogP contribution in [0.3, 0.4) is 0 Å². The second-order valence-electron chi connectivity index (χ2n) is 5.08. The first kappa shape index (κ1) is 15.7. The van der Waals surface area contributed by atoms with E-state index >= 15 is 0 Å². The maximum atomic E-state index is 12.1. The molecule has 0 saturated heterocycles. The van der Waals surface area contributed by atoms with Crippen molar-refractivity contribution in [1.29, 1.82) is 0 Å². The summed E-state index contributed by atoms with van der Waals surface area (Å²) in [5, 5.41) is 13.5. The quantitative estimate of drug-likeness (QED) is 0.631. The number of nitrogens with one attached hydrogen (secondary N) is 1. The number of rotatable bonds is 7. The van der Waals surface area contributed by atoms with Gasteiger partial charge >= 0.3 is 0 Å². The molecule has 2 aromatic carbocycles. The van der Waals surface area contributed by atoms with Crippen LogP contribution in [0.5, 0.6) is 0 Å². The van der Waals surface area contributed by atoms with E-state index in [0.717, 1.165) is 5.56 Å². The van der Waals surface area contributed by atoms with Crippen LogP contribution in [0, 0.1) is 10.1 Å². The van der Waals surface area contributed by atoms with E-state index in [4.69, 9.17) is 0 Å². The van der Waals surface area contributed by atoms with Crippen LogP contribution in [-0.2, 0) is 6.42 Å². The van der Waals surface area contributed by atoms with Crippen molar-refractivity contribution in [3.8, 4) is 0 Å². The molecular weight excluding hydrogens is 280 g/mol. The number of aryl methyl sites for hydroxylation is 1. The molecule has 0 aliphatic heterocycles. The predicted molar refractivity (Wildman–Crippen MR) is 84.3 cm³/mol. The van der Waals surface area contributed by atoms with Crippen LogP contribution >= 0.6 is 0 Å². The van der Waals surface area contributed by atoms with Crippen molar-refractivity contribution in [3.63, 3.8) is 0 Å². The molecular formula is C17H18N2O3. The van der Waals surface area contributed by atoms with Crippen LogP contribution < -0.4 is 5.32 Å². The summed E-state index contributed by atoms with van der Waals surface area (Å²) in [6, 6.07) is 18.0. The van der Waals surface area contributed by atoms with E-state index in [2.05, 4.69) is 5.32 Å². The highest BCUT2D eigenvalue weighted by molar-refractivity contribution is 5.94. The molecule has 5 heteroatoms. The van der Waals surface area contributed by atoms with Crippen LogP contribution in [0.4, 0.5) is 0 Å². The number of nitrogens with zero attached hydrogens (tertiary/aromatic N) is 1. The summed E-state index contributed by atoms with van der Waals surface area (Å²) >= 11 is 0. The summed E-state index contributed by atoms with van der Waals surface area (Å²) in [7, 11) is 0. The minimum Gasteiger partial charge on any atom is -0.343 e. The van der Waals surface area contributed by atoms with E-state index in [1.54, 1.807) is 24.3 Å². The first-order valence-electron chi connectivity index (χ1n) is 7.17. The van der Waals surface area contributed by atoms with Gasteiger partial charge in [-0.2, -0.15) is 0 Å². The summed E-state index contributed by atoms with van der Waals surface area (Å²) in [6.45, 7) is -0.272. The number of benzene rings is 2. The second-order valence-corrected chi connectivity index (χ2v) is 5.08. The fraction of sp³-hybridized carbons (Fsp3) is 0.235. The SMILES string of the molecule is O=C(NC(CCc1ccccc1)C[N+](=O)[O-])c1ccccc1. The Bertz CT molecular complexity index is 614. The first-order valence-corrected chi connectivity index (χ1v) is 7.17. The third kappa shape index (κ3) is 5.01. The van der Waals surface area contributed by atoms with Crippen LogP contribution in [-0.4, -0.2) is 23.4 Å². The molecule has 0 spiro atoms. The standard InChI is InChI=1S/C17H18N2O3/c20-17(15-9-5-2-6-10-15)18-16(13-19(21)22)12-11-14-7-3-1-4-8-14/h1-10,16H,11-13H2,(H,18,20). The van der Waals surface area contributed by atoms with Crippen LogP contribution in [0.2, 0.25) is 0 Å². The summed E-state index contributed by atoms with van der Waals surface area (Å²) in [4.78, 5) is 22.5. The van der Waals surface area contributed by atoms with E-state index in [0.29, 0.717) is 18.4 Å². The molecule has 0 fully saturated rings. The Morgan fingerprint density at radius 3 is 2.23 bits per heavy atom. The highest BCUT2D eigenvalue weighted by Crippen LogP contribution is 2.07. The molecule has 1 N–H and O–H groups in total. The van der Waals surface area contributed by atoms with Crippen molar-refractivity contribution < 1.29 is 9.72 Å². The first-order chi connectivity index (χ1) is 10.6. The number of nitro groups is 1. The van der Waals surface area contributed by atoms with Crippen LogP contribution in [0.25, 0.3) is 0 Å². The second kappa shape index (κ2) is 7.93. The summed E-state index contributed by atoms with van der Waals surface area (Å²) in [6.07, 6.45) is 1.22. The number of carbonyl (C=O) groups is 1. The Morgan fingerprint density at radius 1 is 1.05 bits per heavy atom.